The van der Waals surface area contributed by atoms with E-state index < -0.39 is 0 Å². The molecule has 0 aliphatic carbocycles. The summed E-state index contributed by atoms with van der Waals surface area (Å²) in [4.78, 5) is 0. The van der Waals surface area contributed by atoms with Crippen LogP contribution in [0.5, 0.6) is 0 Å². The van der Waals surface area contributed by atoms with Crippen molar-refractivity contribution in [3.8, 4) is 0 Å². The maximum atomic E-state index is 3.46. The summed E-state index contributed by atoms with van der Waals surface area (Å²) in [6.45, 7) is 12.7. The first-order chi connectivity index (χ1) is 6.04. The normalized spacial score (nSPS) is 9.23. The molecule has 0 aromatic carbocycles. The maximum Gasteiger partial charge on any atom is -1.00 e. The molecule has 0 amide bonds. The van der Waals surface area contributed by atoms with Crippen molar-refractivity contribution < 1.29 is 4.28 Å². The second-order valence-corrected chi connectivity index (χ2v) is 6.06. The zero-order valence-electron chi connectivity index (χ0n) is 12.7. The standard InChI is InChI=1S/2C4H9.C3H5.2Al.3H/c2*1-4(2)3;1-3-2;;;;;/h2*4H,1H2,2-3H3;3H,1-2H2;;;;;/q;;;+1;+2;3*-1. The minimum absolute atomic E-state index is 0. The van der Waals surface area contributed by atoms with Gasteiger partial charge in [0, 0.05) is 0 Å². The van der Waals surface area contributed by atoms with Crippen molar-refractivity contribution in [2.75, 3.05) is 0 Å². The van der Waals surface area contributed by atoms with Gasteiger partial charge in [-0.15, -0.1) is 0 Å². The SMILES string of the molecule is C=C[CH2][Al+2].CC(C)[CH2][Al+][CH2]C(C)C.[H-].[H-].[H-]. The Morgan fingerprint density at radius 3 is 1.69 bits per heavy atom. The summed E-state index contributed by atoms with van der Waals surface area (Å²) in [6.07, 6.45) is 1.84. The van der Waals surface area contributed by atoms with E-state index in [1.807, 2.05) is 6.08 Å². The molecule has 0 atom stereocenters. The van der Waals surface area contributed by atoms with Crippen LogP contribution in [0.2, 0.25) is 15.8 Å². The van der Waals surface area contributed by atoms with Crippen molar-refractivity contribution in [1.82, 2.24) is 0 Å². The summed E-state index contributed by atoms with van der Waals surface area (Å²) < 4.78 is 0. The van der Waals surface area contributed by atoms with Crippen LogP contribution in [0.15, 0.2) is 12.7 Å². The van der Waals surface area contributed by atoms with Gasteiger partial charge in [0.2, 0.25) is 0 Å². The Bertz CT molecular complexity index is 101. The monoisotopic (exact) mass is 212 g/mol. The van der Waals surface area contributed by atoms with Crippen LogP contribution in [0.1, 0.15) is 32.0 Å². The molecule has 0 aromatic heterocycles. The third-order valence-electron chi connectivity index (χ3n) is 1.44. The average molecular weight is 212 g/mol. The third kappa shape index (κ3) is 24.5. The van der Waals surface area contributed by atoms with E-state index in [0.717, 1.165) is 32.3 Å². The minimum Gasteiger partial charge on any atom is -1.00 e. The summed E-state index contributed by atoms with van der Waals surface area (Å²) in [5.74, 6) is 1.86. The number of allylic oxidation sites excluding steroid dienone is 1. The predicted octanol–water partition coefficient (Wildman–Crippen LogP) is 3.94. The van der Waals surface area contributed by atoms with Crippen LogP contribution in [-0.4, -0.2) is 31.5 Å². The molecule has 0 bridgehead atoms. The molecule has 0 N–H and O–H groups in total. The van der Waals surface area contributed by atoms with Crippen LogP contribution in [-0.2, 0) is 0 Å². The summed E-state index contributed by atoms with van der Waals surface area (Å²) in [5.41, 5.74) is 0. The Morgan fingerprint density at radius 1 is 1.23 bits per heavy atom. The molecule has 0 aromatic rings. The fourth-order valence-corrected chi connectivity index (χ4v) is 2.29. The molecule has 0 heterocycles. The van der Waals surface area contributed by atoms with E-state index in [9.17, 15) is 0 Å². The van der Waals surface area contributed by atoms with Gasteiger partial charge in [-0.3, -0.25) is 0 Å². The maximum absolute atomic E-state index is 3.46. The van der Waals surface area contributed by atoms with Crippen LogP contribution in [0, 0.1) is 11.8 Å². The first-order valence-corrected chi connectivity index (χ1v) is 7.62. The Balaban J connectivity index is -0.0000000511. The molecule has 0 aliphatic heterocycles. The molecule has 0 nitrogen and oxygen atoms in total. The molecular formula is C11H26Al2. The van der Waals surface area contributed by atoms with Gasteiger partial charge in [-0.1, -0.05) is 0 Å². The van der Waals surface area contributed by atoms with E-state index in [0.29, 0.717) is 0 Å². The van der Waals surface area contributed by atoms with E-state index in [4.69, 9.17) is 0 Å². The minimum atomic E-state index is 0. The third-order valence-corrected chi connectivity index (χ3v) is 4.33. The molecule has 0 fully saturated rings. The summed E-state index contributed by atoms with van der Waals surface area (Å²) in [5, 5.41) is 3.97. The van der Waals surface area contributed by atoms with Crippen molar-refractivity contribution in [2.45, 2.75) is 43.5 Å². The molecule has 0 rings (SSSR count). The van der Waals surface area contributed by atoms with Crippen molar-refractivity contribution in [1.29, 1.82) is 0 Å². The van der Waals surface area contributed by atoms with Gasteiger partial charge in [0.15, 0.2) is 0 Å². The Kier molecular flexibility index (Phi) is 16.0. The Hall–Kier alpha value is 0.805. The fourth-order valence-electron chi connectivity index (χ4n) is 0.763. The molecule has 0 saturated heterocycles. The van der Waals surface area contributed by atoms with E-state index in [-0.39, 0.29) is 4.28 Å². The van der Waals surface area contributed by atoms with Crippen molar-refractivity contribution >= 4 is 31.5 Å². The first kappa shape index (κ1) is 16.2. The first-order valence-electron chi connectivity index (χ1n) is 5.17. The molecule has 0 spiro atoms. The van der Waals surface area contributed by atoms with Crippen molar-refractivity contribution in [2.24, 2.45) is 11.8 Å². The predicted molar refractivity (Wildman–Crippen MR) is 69.1 cm³/mol. The van der Waals surface area contributed by atoms with Gasteiger partial charge in [-0.25, -0.2) is 0 Å². The summed E-state index contributed by atoms with van der Waals surface area (Å²) in [6, 6.07) is 0. The molecule has 0 saturated carbocycles. The number of hydrogen-bond acceptors (Lipinski definition) is 0. The van der Waals surface area contributed by atoms with E-state index in [2.05, 4.69) is 50.6 Å². The molecule has 0 radical (unpaired) electrons. The molecule has 76 valence electrons. The molecule has 13 heavy (non-hydrogen) atoms. The largest absolute Gasteiger partial charge is 1.00 e. The number of hydrogen-bond donors (Lipinski definition) is 0. The van der Waals surface area contributed by atoms with Gasteiger partial charge in [0.1, 0.15) is 0 Å². The molecule has 0 unspecified atom stereocenters. The Labute approximate surface area is 104 Å². The van der Waals surface area contributed by atoms with E-state index in [1.54, 1.807) is 0 Å². The number of rotatable bonds is 5. The van der Waals surface area contributed by atoms with Gasteiger partial charge in [-0.05, 0) is 0 Å². The smallest absolute Gasteiger partial charge is 1.00 e. The quantitative estimate of drug-likeness (QED) is 0.478. The van der Waals surface area contributed by atoms with Gasteiger partial charge in [0.25, 0.3) is 0 Å². The molecular weight excluding hydrogens is 186 g/mol. The van der Waals surface area contributed by atoms with Crippen LogP contribution in [0.25, 0.3) is 0 Å². The van der Waals surface area contributed by atoms with E-state index >= 15 is 0 Å². The summed E-state index contributed by atoms with van der Waals surface area (Å²) >= 11 is 3.29. The van der Waals surface area contributed by atoms with Crippen molar-refractivity contribution in [3.05, 3.63) is 12.7 Å². The van der Waals surface area contributed by atoms with Crippen LogP contribution in [0.4, 0.5) is 0 Å². The molecule has 0 aliphatic rings. The van der Waals surface area contributed by atoms with Crippen LogP contribution >= 0.6 is 0 Å². The fraction of sp³-hybridized carbons (Fsp3) is 0.818. The van der Waals surface area contributed by atoms with Gasteiger partial charge in [-0.2, -0.15) is 0 Å². The summed E-state index contributed by atoms with van der Waals surface area (Å²) in [7, 11) is 0. The van der Waals surface area contributed by atoms with Gasteiger partial charge in [0.05, 0.1) is 0 Å². The molecule has 2 heteroatoms. The zero-order valence-corrected chi connectivity index (χ0v) is 12.0. The van der Waals surface area contributed by atoms with Crippen LogP contribution < -0.4 is 0 Å². The second kappa shape index (κ2) is 12.8. The second-order valence-electron chi connectivity index (χ2n) is 4.07. The van der Waals surface area contributed by atoms with Gasteiger partial charge >= 0.3 is 99.5 Å². The average Bonchev–Trinajstić information content (AvgIpc) is 2.03. The van der Waals surface area contributed by atoms with Crippen LogP contribution in [0.3, 0.4) is 0 Å². The topological polar surface area (TPSA) is 0 Å². The van der Waals surface area contributed by atoms with E-state index in [1.165, 1.54) is 10.6 Å². The Morgan fingerprint density at radius 2 is 1.54 bits per heavy atom. The zero-order chi connectivity index (χ0) is 10.7. The van der Waals surface area contributed by atoms with Crippen molar-refractivity contribution in [3.63, 3.8) is 0 Å². The van der Waals surface area contributed by atoms with Gasteiger partial charge < -0.3 is 4.28 Å².